The van der Waals surface area contributed by atoms with Crippen LogP contribution in [0.25, 0.3) is 0 Å². The third kappa shape index (κ3) is 5.48. The lowest BCUT2D eigenvalue weighted by Gasteiger charge is -2.13. The molecular formula is C23H26N4O2. The number of pyridine rings is 1. The number of hydrogen-bond acceptors (Lipinski definition) is 5. The summed E-state index contributed by atoms with van der Waals surface area (Å²) in [6.07, 6.45) is 2.33. The van der Waals surface area contributed by atoms with Gasteiger partial charge in [0.05, 0.1) is 7.11 Å². The lowest BCUT2D eigenvalue weighted by atomic mass is 10.1. The van der Waals surface area contributed by atoms with E-state index in [1.165, 1.54) is 0 Å². The lowest BCUT2D eigenvalue weighted by molar-refractivity contribution is 0.0954. The molecule has 0 saturated carbocycles. The van der Waals surface area contributed by atoms with E-state index >= 15 is 0 Å². The molecule has 1 amide bonds. The standard InChI is InChI=1S/C23H26N4O2/c1-27(2)20-10-8-19(9-11-20)26-22-16-18(13-14-24-22)23(28)25-15-12-17-6-4-5-7-21(17)29-3/h4-11,13-14,16H,12,15H2,1-3H3,(H,24,26)(H,25,28). The van der Waals surface area contributed by atoms with Gasteiger partial charge in [0.1, 0.15) is 11.6 Å². The predicted molar refractivity (Wildman–Crippen MR) is 117 cm³/mol. The van der Waals surface area contributed by atoms with Gasteiger partial charge in [-0.15, -0.1) is 0 Å². The van der Waals surface area contributed by atoms with E-state index in [9.17, 15) is 4.79 Å². The predicted octanol–water partition coefficient (Wildman–Crippen LogP) is 3.87. The number of carbonyl (C=O) groups is 1. The summed E-state index contributed by atoms with van der Waals surface area (Å²) in [4.78, 5) is 18.9. The van der Waals surface area contributed by atoms with E-state index < -0.39 is 0 Å². The van der Waals surface area contributed by atoms with Crippen molar-refractivity contribution in [1.82, 2.24) is 10.3 Å². The minimum absolute atomic E-state index is 0.131. The van der Waals surface area contributed by atoms with Crippen molar-refractivity contribution in [2.75, 3.05) is 38.0 Å². The van der Waals surface area contributed by atoms with Gasteiger partial charge in [-0.1, -0.05) is 18.2 Å². The Labute approximate surface area is 171 Å². The first-order valence-corrected chi connectivity index (χ1v) is 9.47. The first kappa shape index (κ1) is 20.2. The second-order valence-corrected chi connectivity index (χ2v) is 6.81. The van der Waals surface area contributed by atoms with Crippen LogP contribution in [0.1, 0.15) is 15.9 Å². The number of ether oxygens (including phenoxy) is 1. The van der Waals surface area contributed by atoms with Gasteiger partial charge in [0.2, 0.25) is 0 Å². The van der Waals surface area contributed by atoms with E-state index in [2.05, 4.69) is 15.6 Å². The van der Waals surface area contributed by atoms with E-state index in [0.29, 0.717) is 24.3 Å². The van der Waals surface area contributed by atoms with Crippen molar-refractivity contribution in [1.29, 1.82) is 0 Å². The molecule has 0 unspecified atom stereocenters. The summed E-state index contributed by atoms with van der Waals surface area (Å²) in [5.74, 6) is 1.32. The molecule has 3 rings (SSSR count). The molecule has 0 aliphatic carbocycles. The van der Waals surface area contributed by atoms with Crippen LogP contribution in [0.5, 0.6) is 5.75 Å². The Balaban J connectivity index is 1.59. The van der Waals surface area contributed by atoms with Gasteiger partial charge in [-0.25, -0.2) is 4.98 Å². The maximum absolute atomic E-state index is 12.5. The highest BCUT2D eigenvalue weighted by Crippen LogP contribution is 2.20. The molecule has 6 nitrogen and oxygen atoms in total. The molecule has 3 aromatic rings. The number of para-hydroxylation sites is 1. The van der Waals surface area contributed by atoms with Crippen LogP contribution in [-0.4, -0.2) is 38.6 Å². The van der Waals surface area contributed by atoms with E-state index in [1.807, 2.05) is 67.5 Å². The molecule has 2 aromatic carbocycles. The molecular weight excluding hydrogens is 364 g/mol. The van der Waals surface area contributed by atoms with Crippen molar-refractivity contribution in [3.05, 3.63) is 78.0 Å². The van der Waals surface area contributed by atoms with Crippen LogP contribution in [0, 0.1) is 0 Å². The molecule has 6 heteroatoms. The number of anilines is 3. The van der Waals surface area contributed by atoms with Crippen LogP contribution >= 0.6 is 0 Å². The average molecular weight is 390 g/mol. The SMILES string of the molecule is COc1ccccc1CCNC(=O)c1ccnc(Nc2ccc(N(C)C)cc2)c1. The molecule has 0 aliphatic heterocycles. The van der Waals surface area contributed by atoms with Crippen molar-refractivity contribution in [3.8, 4) is 5.75 Å². The van der Waals surface area contributed by atoms with Crippen molar-refractivity contribution in [2.45, 2.75) is 6.42 Å². The summed E-state index contributed by atoms with van der Waals surface area (Å²) >= 11 is 0. The van der Waals surface area contributed by atoms with Crippen molar-refractivity contribution < 1.29 is 9.53 Å². The van der Waals surface area contributed by atoms with E-state index in [4.69, 9.17) is 4.74 Å². The highest BCUT2D eigenvalue weighted by Gasteiger charge is 2.08. The highest BCUT2D eigenvalue weighted by molar-refractivity contribution is 5.94. The van der Waals surface area contributed by atoms with Crippen LogP contribution in [-0.2, 0) is 6.42 Å². The highest BCUT2D eigenvalue weighted by atomic mass is 16.5. The van der Waals surface area contributed by atoms with E-state index in [1.54, 1.807) is 25.4 Å². The first-order chi connectivity index (χ1) is 14.1. The zero-order chi connectivity index (χ0) is 20.6. The molecule has 1 heterocycles. The third-order valence-corrected chi connectivity index (χ3v) is 4.55. The molecule has 0 bridgehead atoms. The Morgan fingerprint density at radius 3 is 2.55 bits per heavy atom. The Kier molecular flexibility index (Phi) is 6.68. The molecule has 2 N–H and O–H groups in total. The average Bonchev–Trinajstić information content (AvgIpc) is 2.74. The topological polar surface area (TPSA) is 66.5 Å². The van der Waals surface area contributed by atoms with Crippen LogP contribution in [0.15, 0.2) is 66.9 Å². The summed E-state index contributed by atoms with van der Waals surface area (Å²) in [5, 5.41) is 6.19. The van der Waals surface area contributed by atoms with Gasteiger partial charge >= 0.3 is 0 Å². The second-order valence-electron chi connectivity index (χ2n) is 6.81. The number of carbonyl (C=O) groups excluding carboxylic acids is 1. The number of aromatic nitrogens is 1. The van der Waals surface area contributed by atoms with E-state index in [-0.39, 0.29) is 5.91 Å². The zero-order valence-electron chi connectivity index (χ0n) is 17.0. The van der Waals surface area contributed by atoms with Crippen LogP contribution in [0.4, 0.5) is 17.2 Å². The molecule has 150 valence electrons. The Hall–Kier alpha value is -3.54. The smallest absolute Gasteiger partial charge is 0.251 e. The number of amides is 1. The minimum Gasteiger partial charge on any atom is -0.496 e. The zero-order valence-corrected chi connectivity index (χ0v) is 17.0. The van der Waals surface area contributed by atoms with Gasteiger partial charge < -0.3 is 20.3 Å². The summed E-state index contributed by atoms with van der Waals surface area (Å²) in [5.41, 5.74) is 3.66. The molecule has 0 spiro atoms. The quantitative estimate of drug-likeness (QED) is 0.611. The fourth-order valence-electron chi connectivity index (χ4n) is 2.95. The summed E-state index contributed by atoms with van der Waals surface area (Å²) < 4.78 is 5.35. The fourth-order valence-corrected chi connectivity index (χ4v) is 2.95. The molecule has 0 fully saturated rings. The van der Waals surface area contributed by atoms with Crippen molar-refractivity contribution in [3.63, 3.8) is 0 Å². The first-order valence-electron chi connectivity index (χ1n) is 9.47. The van der Waals surface area contributed by atoms with E-state index in [0.717, 1.165) is 22.7 Å². The summed E-state index contributed by atoms with van der Waals surface area (Å²) in [7, 11) is 5.65. The Morgan fingerprint density at radius 1 is 1.07 bits per heavy atom. The van der Waals surface area contributed by atoms with Gasteiger partial charge in [0, 0.05) is 43.8 Å². The second kappa shape index (κ2) is 9.59. The minimum atomic E-state index is -0.131. The van der Waals surface area contributed by atoms with Crippen LogP contribution in [0.3, 0.4) is 0 Å². The normalized spacial score (nSPS) is 10.3. The number of nitrogens with zero attached hydrogens (tertiary/aromatic N) is 2. The van der Waals surface area contributed by atoms with Gasteiger partial charge in [0.25, 0.3) is 5.91 Å². The Morgan fingerprint density at radius 2 is 1.83 bits per heavy atom. The molecule has 29 heavy (non-hydrogen) atoms. The molecule has 1 aromatic heterocycles. The summed E-state index contributed by atoms with van der Waals surface area (Å²) in [6, 6.07) is 19.3. The largest absolute Gasteiger partial charge is 0.496 e. The molecule has 0 aliphatic rings. The van der Waals surface area contributed by atoms with Gasteiger partial charge in [-0.3, -0.25) is 4.79 Å². The number of hydrogen-bond donors (Lipinski definition) is 2. The van der Waals surface area contributed by atoms with Crippen LogP contribution in [0.2, 0.25) is 0 Å². The monoisotopic (exact) mass is 390 g/mol. The molecule has 0 atom stereocenters. The molecule has 0 radical (unpaired) electrons. The van der Waals surface area contributed by atoms with Crippen LogP contribution < -0.4 is 20.3 Å². The third-order valence-electron chi connectivity index (χ3n) is 4.55. The number of nitrogens with one attached hydrogen (secondary N) is 2. The number of rotatable bonds is 8. The van der Waals surface area contributed by atoms with Gasteiger partial charge in [-0.05, 0) is 54.4 Å². The number of benzene rings is 2. The van der Waals surface area contributed by atoms with Gasteiger partial charge in [-0.2, -0.15) is 0 Å². The van der Waals surface area contributed by atoms with Crippen molar-refractivity contribution >= 4 is 23.1 Å². The fraction of sp³-hybridized carbons (Fsp3) is 0.217. The number of methoxy groups -OCH3 is 1. The van der Waals surface area contributed by atoms with Gasteiger partial charge in [0.15, 0.2) is 0 Å². The maximum Gasteiger partial charge on any atom is 0.251 e. The maximum atomic E-state index is 12.5. The Bertz CT molecular complexity index is 955. The summed E-state index contributed by atoms with van der Waals surface area (Å²) in [6.45, 7) is 0.524. The lowest BCUT2D eigenvalue weighted by Crippen LogP contribution is -2.25. The molecule has 0 saturated heterocycles. The van der Waals surface area contributed by atoms with Crippen molar-refractivity contribution in [2.24, 2.45) is 0 Å².